The molecule has 1 aliphatic heterocycles. The Bertz CT molecular complexity index is 1380. The van der Waals surface area contributed by atoms with E-state index in [1.165, 1.54) is 6.07 Å². The second-order valence-electron chi connectivity index (χ2n) is 9.33. The Labute approximate surface area is 224 Å². The van der Waals surface area contributed by atoms with Crippen molar-refractivity contribution in [1.82, 2.24) is 25.1 Å². The first-order valence-electron chi connectivity index (χ1n) is 12.6. The van der Waals surface area contributed by atoms with E-state index in [1.807, 2.05) is 51.1 Å². The summed E-state index contributed by atoms with van der Waals surface area (Å²) >= 11 is 0. The van der Waals surface area contributed by atoms with Gasteiger partial charge in [0.1, 0.15) is 17.7 Å². The van der Waals surface area contributed by atoms with Crippen molar-refractivity contribution < 1.29 is 23.3 Å². The fourth-order valence-corrected chi connectivity index (χ4v) is 4.15. The lowest BCUT2D eigenvalue weighted by atomic mass is 9.98. The maximum absolute atomic E-state index is 13.6. The van der Waals surface area contributed by atoms with Crippen molar-refractivity contribution in [2.75, 3.05) is 24.3 Å². The highest BCUT2D eigenvalue weighted by molar-refractivity contribution is 5.63. The Balaban J connectivity index is 1.43. The second-order valence-corrected chi connectivity index (χ2v) is 9.33. The van der Waals surface area contributed by atoms with E-state index in [2.05, 4.69) is 30.5 Å². The van der Waals surface area contributed by atoms with Crippen LogP contribution in [0.1, 0.15) is 49.8 Å². The van der Waals surface area contributed by atoms with Gasteiger partial charge in [0, 0.05) is 23.2 Å². The van der Waals surface area contributed by atoms with Gasteiger partial charge in [-0.05, 0) is 26.0 Å². The molecule has 1 saturated heterocycles. The monoisotopic (exact) mass is 535 g/mol. The predicted molar refractivity (Wildman–Crippen MR) is 141 cm³/mol. The first-order chi connectivity index (χ1) is 18.9. The summed E-state index contributed by atoms with van der Waals surface area (Å²) in [4.78, 5) is 13.1. The summed E-state index contributed by atoms with van der Waals surface area (Å²) in [5.74, 6) is 0.677. The van der Waals surface area contributed by atoms with E-state index < -0.39 is 24.1 Å². The van der Waals surface area contributed by atoms with Crippen LogP contribution in [-0.4, -0.2) is 50.6 Å². The van der Waals surface area contributed by atoms with Crippen LogP contribution in [-0.2, 0) is 9.47 Å². The molecule has 0 bridgehead atoms. The zero-order valence-corrected chi connectivity index (χ0v) is 21.8. The number of ether oxygens (including phenoxy) is 4. The number of nitrogen functional groups attached to an aromatic ring is 1. The second kappa shape index (κ2) is 11.6. The molecule has 204 valence electrons. The third-order valence-electron chi connectivity index (χ3n) is 5.94. The summed E-state index contributed by atoms with van der Waals surface area (Å²) in [5, 5.41) is 10.3. The van der Waals surface area contributed by atoms with E-state index >= 15 is 0 Å². The van der Waals surface area contributed by atoms with Crippen LogP contribution in [0.5, 0.6) is 11.8 Å². The molecule has 4 heterocycles. The van der Waals surface area contributed by atoms with Gasteiger partial charge in [-0.1, -0.05) is 37.3 Å². The normalized spacial score (nSPS) is 18.1. The zero-order valence-electron chi connectivity index (χ0n) is 21.8. The number of anilines is 3. The number of pyridine rings is 1. The van der Waals surface area contributed by atoms with Crippen molar-refractivity contribution in [1.29, 1.82) is 0 Å². The summed E-state index contributed by atoms with van der Waals surface area (Å²) in [6.07, 6.45) is 0.181. The summed E-state index contributed by atoms with van der Waals surface area (Å²) in [5.41, 5.74) is 8.16. The summed E-state index contributed by atoms with van der Waals surface area (Å²) in [7, 11) is 0. The number of hydrogen-bond donors (Lipinski definition) is 3. The van der Waals surface area contributed by atoms with Crippen LogP contribution in [0, 0.1) is 5.82 Å². The van der Waals surface area contributed by atoms with Crippen molar-refractivity contribution in [3.05, 3.63) is 77.4 Å². The maximum Gasteiger partial charge on any atom is 0.225 e. The summed E-state index contributed by atoms with van der Waals surface area (Å²) in [6.45, 7) is 6.26. The van der Waals surface area contributed by atoms with Gasteiger partial charge in [0.15, 0.2) is 12.1 Å². The number of aromatic amines is 1. The quantitative estimate of drug-likeness (QED) is 0.280. The molecule has 0 radical (unpaired) electrons. The van der Waals surface area contributed by atoms with Crippen LogP contribution in [0.3, 0.4) is 0 Å². The van der Waals surface area contributed by atoms with Crippen molar-refractivity contribution in [3.8, 4) is 11.8 Å². The summed E-state index contributed by atoms with van der Waals surface area (Å²) < 4.78 is 37.4. The molecule has 0 spiro atoms. The first-order valence-corrected chi connectivity index (χ1v) is 12.6. The highest BCUT2D eigenvalue weighted by atomic mass is 19.1. The molecular formula is C27H30FN7O4. The Morgan fingerprint density at radius 2 is 1.85 bits per heavy atom. The molecule has 11 nitrogen and oxygen atoms in total. The zero-order chi connectivity index (χ0) is 27.4. The number of nitrogens with zero attached hydrogens (tertiary/aromatic N) is 4. The Kier molecular flexibility index (Phi) is 7.84. The molecule has 4 N–H and O–H groups in total. The number of benzene rings is 1. The van der Waals surface area contributed by atoms with Gasteiger partial charge in [-0.15, -0.1) is 0 Å². The fourth-order valence-electron chi connectivity index (χ4n) is 4.15. The lowest BCUT2D eigenvalue weighted by Crippen LogP contribution is -2.36. The van der Waals surface area contributed by atoms with Gasteiger partial charge in [0.2, 0.25) is 17.7 Å². The third kappa shape index (κ3) is 6.41. The number of nitrogens with two attached hydrogens (primary N) is 1. The standard InChI is InChI=1S/C27H30FN7O4/c1-15(2)38-22-11-21(34-35-22)31-24-23(16(3)20-10-9-18(28)12-30-20)25(33-27(29)32-24)39-19-13-36-26(37-14-19)17-7-5-4-6-8-17/h4-12,15-16,19,26H,13-14H2,1-3H3,(H4,29,31,32,33,34,35)/t16-,19-,26+/m1/s1. The Morgan fingerprint density at radius 3 is 2.54 bits per heavy atom. The first kappa shape index (κ1) is 26.3. The number of H-pyrrole nitrogens is 1. The van der Waals surface area contributed by atoms with Gasteiger partial charge in [-0.3, -0.25) is 4.98 Å². The number of halogens is 1. The molecular weight excluding hydrogens is 505 g/mol. The van der Waals surface area contributed by atoms with E-state index in [4.69, 9.17) is 24.7 Å². The number of nitrogens with one attached hydrogen (secondary N) is 2. The van der Waals surface area contributed by atoms with E-state index in [9.17, 15) is 4.39 Å². The lowest BCUT2D eigenvalue weighted by Gasteiger charge is -2.30. The van der Waals surface area contributed by atoms with E-state index in [-0.39, 0.29) is 31.1 Å². The van der Waals surface area contributed by atoms with Crippen molar-refractivity contribution in [2.45, 2.75) is 45.2 Å². The number of aromatic nitrogens is 5. The van der Waals surface area contributed by atoms with E-state index in [0.717, 1.165) is 11.8 Å². The minimum atomic E-state index is -0.484. The van der Waals surface area contributed by atoms with Crippen molar-refractivity contribution in [3.63, 3.8) is 0 Å². The molecule has 39 heavy (non-hydrogen) atoms. The minimum Gasteiger partial charge on any atom is -0.475 e. The highest BCUT2D eigenvalue weighted by Gasteiger charge is 2.29. The van der Waals surface area contributed by atoms with Crippen molar-refractivity contribution in [2.24, 2.45) is 0 Å². The van der Waals surface area contributed by atoms with Gasteiger partial charge in [-0.2, -0.15) is 15.1 Å². The predicted octanol–water partition coefficient (Wildman–Crippen LogP) is 4.49. The Morgan fingerprint density at radius 1 is 1.08 bits per heavy atom. The molecule has 3 aromatic heterocycles. The highest BCUT2D eigenvalue weighted by Crippen LogP contribution is 2.37. The third-order valence-corrected chi connectivity index (χ3v) is 5.94. The molecule has 1 fully saturated rings. The van der Waals surface area contributed by atoms with E-state index in [0.29, 0.717) is 28.8 Å². The molecule has 5 rings (SSSR count). The molecule has 1 aliphatic rings. The van der Waals surface area contributed by atoms with Crippen LogP contribution in [0.4, 0.5) is 22.0 Å². The minimum absolute atomic E-state index is 0.00971. The molecule has 0 aliphatic carbocycles. The van der Waals surface area contributed by atoms with Crippen LogP contribution in [0.25, 0.3) is 0 Å². The van der Waals surface area contributed by atoms with Crippen LogP contribution in [0.15, 0.2) is 54.7 Å². The summed E-state index contributed by atoms with van der Waals surface area (Å²) in [6, 6.07) is 14.3. The molecule has 1 atom stereocenters. The fraction of sp³-hybridized carbons (Fsp3) is 0.333. The average Bonchev–Trinajstić information content (AvgIpc) is 3.35. The molecule has 0 saturated carbocycles. The van der Waals surface area contributed by atoms with Gasteiger partial charge < -0.3 is 30.0 Å². The van der Waals surface area contributed by atoms with E-state index in [1.54, 1.807) is 12.1 Å². The molecule has 1 aromatic carbocycles. The molecule has 4 aromatic rings. The van der Waals surface area contributed by atoms with Crippen LogP contribution in [0.2, 0.25) is 0 Å². The van der Waals surface area contributed by atoms with Crippen LogP contribution < -0.4 is 20.5 Å². The Hall–Kier alpha value is -4.29. The van der Waals surface area contributed by atoms with Gasteiger partial charge in [0.05, 0.1) is 31.1 Å². The number of hydrogen-bond acceptors (Lipinski definition) is 10. The molecule has 0 unspecified atom stereocenters. The van der Waals surface area contributed by atoms with Gasteiger partial charge >= 0.3 is 0 Å². The average molecular weight is 536 g/mol. The van der Waals surface area contributed by atoms with Gasteiger partial charge in [0.25, 0.3) is 0 Å². The smallest absolute Gasteiger partial charge is 0.225 e. The maximum atomic E-state index is 13.6. The topological polar surface area (TPSA) is 142 Å². The molecule has 12 heteroatoms. The molecule has 0 amide bonds. The number of rotatable bonds is 9. The largest absolute Gasteiger partial charge is 0.475 e. The SMILES string of the molecule is CC(C)Oc1cc(Nc2nc(N)nc(O[C@H]3CO[C@@H](c4ccccc4)OC3)c2[C@H](C)c2ccc(F)cn2)n[nH]1. The van der Waals surface area contributed by atoms with Crippen LogP contribution >= 0.6 is 0 Å². The lowest BCUT2D eigenvalue weighted by molar-refractivity contribution is -0.216. The van der Waals surface area contributed by atoms with Gasteiger partial charge in [-0.25, -0.2) is 9.49 Å². The van der Waals surface area contributed by atoms with Crippen molar-refractivity contribution >= 4 is 17.6 Å².